The summed E-state index contributed by atoms with van der Waals surface area (Å²) in [6, 6.07) is 8.25. The van der Waals surface area contributed by atoms with E-state index in [4.69, 9.17) is 26.3 Å². The predicted octanol–water partition coefficient (Wildman–Crippen LogP) is 1.30. The van der Waals surface area contributed by atoms with E-state index in [1.54, 1.807) is 31.2 Å². The van der Waals surface area contributed by atoms with E-state index < -0.39 is 10.3 Å². The molecule has 0 saturated carbocycles. The zero-order chi connectivity index (χ0) is 20.5. The van der Waals surface area contributed by atoms with E-state index in [9.17, 15) is 8.42 Å². The van der Waals surface area contributed by atoms with Crippen LogP contribution in [0.25, 0.3) is 11.5 Å². The second kappa shape index (κ2) is 7.34. The Balaban J connectivity index is 1.87. The number of anilines is 4. The van der Waals surface area contributed by atoms with Gasteiger partial charge in [0.15, 0.2) is 11.6 Å². The van der Waals surface area contributed by atoms with Gasteiger partial charge in [-0.2, -0.15) is 13.4 Å². The molecule has 0 radical (unpaired) electrons. The van der Waals surface area contributed by atoms with Crippen molar-refractivity contribution in [2.24, 2.45) is 5.84 Å². The highest BCUT2D eigenvalue weighted by atomic mass is 32.2. The summed E-state index contributed by atoms with van der Waals surface area (Å²) in [5, 5.41) is 1.30. The molecule has 0 aliphatic rings. The summed E-state index contributed by atoms with van der Waals surface area (Å²) in [6.07, 6.45) is 1.48. The summed E-state index contributed by atoms with van der Waals surface area (Å²) < 4.78 is 38.2. The first-order valence-corrected chi connectivity index (χ1v) is 9.42. The summed E-state index contributed by atoms with van der Waals surface area (Å²) in [5.41, 5.74) is 14.1. The summed E-state index contributed by atoms with van der Waals surface area (Å²) in [4.78, 5) is 8.21. The number of hydrogen-bond acceptors (Lipinski definition) is 9. The maximum Gasteiger partial charge on any atom is 0.357 e. The Morgan fingerprint density at radius 2 is 2.00 bits per heavy atom. The monoisotopic (exact) mass is 405 g/mol. The van der Waals surface area contributed by atoms with Crippen LogP contribution in [0.15, 0.2) is 41.0 Å². The average molecular weight is 405 g/mol. The Morgan fingerprint density at radius 3 is 2.61 bits per heavy atom. The van der Waals surface area contributed by atoms with Crippen LogP contribution in [0.1, 0.15) is 11.1 Å². The minimum atomic E-state index is -4.36. The molecule has 8 N–H and O–H groups in total. The fourth-order valence-corrected chi connectivity index (χ4v) is 3.15. The quantitative estimate of drug-likeness (QED) is 0.227. The van der Waals surface area contributed by atoms with Crippen LogP contribution in [0.3, 0.4) is 0 Å². The van der Waals surface area contributed by atoms with Gasteiger partial charge in [0, 0.05) is 0 Å². The van der Waals surface area contributed by atoms with Gasteiger partial charge in [-0.05, 0) is 36.2 Å². The van der Waals surface area contributed by atoms with Crippen LogP contribution in [0.4, 0.5) is 23.1 Å². The molecule has 0 unspecified atom stereocenters. The van der Waals surface area contributed by atoms with Crippen LogP contribution >= 0.6 is 0 Å². The van der Waals surface area contributed by atoms with E-state index in [0.29, 0.717) is 17.0 Å². The van der Waals surface area contributed by atoms with E-state index in [2.05, 4.69) is 9.97 Å². The van der Waals surface area contributed by atoms with Gasteiger partial charge >= 0.3 is 10.3 Å². The van der Waals surface area contributed by atoms with Crippen molar-refractivity contribution in [2.45, 2.75) is 13.5 Å². The van der Waals surface area contributed by atoms with Crippen molar-refractivity contribution >= 4 is 33.4 Å². The third kappa shape index (κ3) is 4.31. The number of nitrogen functional groups attached to an aromatic ring is 2. The number of aromatic nitrogens is 2. The molecule has 2 aromatic heterocycles. The van der Waals surface area contributed by atoms with Gasteiger partial charge in [0.1, 0.15) is 11.4 Å². The Bertz CT molecular complexity index is 1100. The largest absolute Gasteiger partial charge is 0.463 e. The molecule has 11 nitrogen and oxygen atoms in total. The smallest absolute Gasteiger partial charge is 0.357 e. The van der Waals surface area contributed by atoms with Gasteiger partial charge < -0.3 is 15.9 Å². The highest BCUT2D eigenvalue weighted by Gasteiger charge is 2.18. The number of nitrogens with zero attached hydrogens (tertiary/aromatic N) is 3. The number of furan rings is 1. The fourth-order valence-electron chi connectivity index (χ4n) is 2.64. The lowest BCUT2D eigenvalue weighted by Gasteiger charge is -2.21. The van der Waals surface area contributed by atoms with E-state index in [1.807, 2.05) is 4.72 Å². The zero-order valence-electron chi connectivity index (χ0n) is 14.8. The van der Waals surface area contributed by atoms with Gasteiger partial charge in [-0.3, -0.25) is 14.3 Å². The topological polar surface area (TPSA) is 187 Å². The van der Waals surface area contributed by atoms with E-state index in [0.717, 1.165) is 5.56 Å². The molecule has 0 aliphatic carbocycles. The number of benzene rings is 1. The molecule has 0 fully saturated rings. The Kier molecular flexibility index (Phi) is 5.09. The van der Waals surface area contributed by atoms with Gasteiger partial charge in [0.05, 0.1) is 18.5 Å². The first-order valence-electron chi connectivity index (χ1n) is 7.98. The predicted molar refractivity (Wildman–Crippen MR) is 105 cm³/mol. The van der Waals surface area contributed by atoms with Crippen LogP contribution < -0.4 is 27.0 Å². The molecule has 0 aliphatic heterocycles. The molecular formula is C16H19N7O4S. The van der Waals surface area contributed by atoms with E-state index in [-0.39, 0.29) is 29.7 Å². The lowest BCUT2D eigenvalue weighted by molar-refractivity contribution is 0.489. The highest BCUT2D eigenvalue weighted by molar-refractivity contribution is 7.87. The zero-order valence-corrected chi connectivity index (χ0v) is 15.6. The van der Waals surface area contributed by atoms with Crippen molar-refractivity contribution in [1.82, 2.24) is 9.97 Å². The molecule has 2 heterocycles. The molecule has 0 spiro atoms. The Morgan fingerprint density at radius 1 is 1.25 bits per heavy atom. The standard InChI is InChI=1S/C16H19N7O4S/c1-9-7-10(4-5-11(9)22-28(24,25)26)8-23(19)15-13(17)14(20-16(18)21-15)12-3-2-6-27-12/h2-7,22H,8,17,19H2,1H3,(H2,18,20,21)(H,24,25,26). The van der Waals surface area contributed by atoms with Crippen LogP contribution in [0, 0.1) is 6.92 Å². The summed E-state index contributed by atoms with van der Waals surface area (Å²) in [6.45, 7) is 1.88. The molecule has 3 rings (SSSR count). The Labute approximate surface area is 161 Å². The lowest BCUT2D eigenvalue weighted by atomic mass is 10.1. The molecule has 0 atom stereocenters. The number of rotatable bonds is 6. The third-order valence-corrected chi connectivity index (χ3v) is 4.33. The average Bonchev–Trinajstić information content (AvgIpc) is 3.12. The molecule has 28 heavy (non-hydrogen) atoms. The molecule has 0 bridgehead atoms. The minimum absolute atomic E-state index is 0.0186. The van der Waals surface area contributed by atoms with Gasteiger partial charge in [-0.25, -0.2) is 10.8 Å². The number of aryl methyl sites for hydroxylation is 1. The van der Waals surface area contributed by atoms with Crippen LogP contribution in [-0.4, -0.2) is 22.9 Å². The number of hydrogen-bond donors (Lipinski definition) is 5. The molecule has 12 heteroatoms. The van der Waals surface area contributed by atoms with E-state index >= 15 is 0 Å². The first-order chi connectivity index (χ1) is 13.1. The lowest BCUT2D eigenvalue weighted by Crippen LogP contribution is -2.32. The minimum Gasteiger partial charge on any atom is -0.463 e. The van der Waals surface area contributed by atoms with E-state index in [1.165, 1.54) is 17.3 Å². The molecule has 0 saturated heterocycles. The van der Waals surface area contributed by atoms with Crippen molar-refractivity contribution in [3.8, 4) is 11.5 Å². The first kappa shape index (κ1) is 19.4. The van der Waals surface area contributed by atoms with Crippen molar-refractivity contribution in [2.75, 3.05) is 21.2 Å². The molecule has 148 valence electrons. The van der Waals surface area contributed by atoms with Gasteiger partial charge in [0.2, 0.25) is 5.95 Å². The second-order valence-corrected chi connectivity index (χ2v) is 7.15. The van der Waals surface area contributed by atoms with Crippen LogP contribution in [-0.2, 0) is 16.8 Å². The Hall–Kier alpha value is -3.35. The SMILES string of the molecule is Cc1cc(CN(N)c2nc(N)nc(-c3ccco3)c2N)ccc1NS(=O)(=O)O. The van der Waals surface area contributed by atoms with Crippen LogP contribution in [0.5, 0.6) is 0 Å². The van der Waals surface area contributed by atoms with Gasteiger partial charge in [-0.15, -0.1) is 0 Å². The fraction of sp³-hybridized carbons (Fsp3) is 0.125. The maximum atomic E-state index is 11.0. The van der Waals surface area contributed by atoms with Crippen LogP contribution in [0.2, 0.25) is 0 Å². The summed E-state index contributed by atoms with van der Waals surface area (Å²) >= 11 is 0. The van der Waals surface area contributed by atoms with Crippen molar-refractivity contribution in [3.05, 3.63) is 47.7 Å². The maximum absolute atomic E-state index is 11.0. The number of nitrogens with one attached hydrogen (secondary N) is 1. The normalized spacial score (nSPS) is 11.4. The highest BCUT2D eigenvalue weighted by Crippen LogP contribution is 2.31. The molecule has 0 amide bonds. The molecular weight excluding hydrogens is 386 g/mol. The number of nitrogens with two attached hydrogens (primary N) is 3. The number of hydrazine groups is 1. The van der Waals surface area contributed by atoms with Gasteiger partial charge in [-0.1, -0.05) is 12.1 Å². The molecule has 3 aromatic rings. The summed E-state index contributed by atoms with van der Waals surface area (Å²) in [5.74, 6) is 6.76. The van der Waals surface area contributed by atoms with Crippen molar-refractivity contribution < 1.29 is 17.4 Å². The van der Waals surface area contributed by atoms with Gasteiger partial charge in [0.25, 0.3) is 0 Å². The van der Waals surface area contributed by atoms with Crippen molar-refractivity contribution in [3.63, 3.8) is 0 Å². The third-order valence-electron chi connectivity index (χ3n) is 3.85. The second-order valence-electron chi connectivity index (χ2n) is 6.00. The summed E-state index contributed by atoms with van der Waals surface area (Å²) in [7, 11) is -4.36. The molecule has 1 aromatic carbocycles. The van der Waals surface area contributed by atoms with Crippen molar-refractivity contribution in [1.29, 1.82) is 0 Å².